The second kappa shape index (κ2) is 7.98. The van der Waals surface area contributed by atoms with Crippen LogP contribution in [0.2, 0.25) is 0 Å². The first-order valence-corrected chi connectivity index (χ1v) is 8.08. The van der Waals surface area contributed by atoms with E-state index in [2.05, 4.69) is 16.2 Å². The number of aryl methyl sites for hydroxylation is 1. The third-order valence-electron chi connectivity index (χ3n) is 3.71. The predicted molar refractivity (Wildman–Crippen MR) is 97.5 cm³/mol. The van der Waals surface area contributed by atoms with Crippen molar-refractivity contribution < 1.29 is 9.21 Å². The predicted octanol–water partition coefficient (Wildman–Crippen LogP) is 3.69. The number of oxazole rings is 1. The fourth-order valence-electron chi connectivity index (χ4n) is 2.51. The smallest absolute Gasteiger partial charge is 0.221 e. The third-order valence-corrected chi connectivity index (χ3v) is 3.71. The van der Waals surface area contributed by atoms with E-state index in [0.717, 1.165) is 16.8 Å². The van der Waals surface area contributed by atoms with Crippen LogP contribution in [0, 0.1) is 12.3 Å². The summed E-state index contributed by atoms with van der Waals surface area (Å²) in [5, 5.41) is 2.64. The van der Waals surface area contributed by atoms with Gasteiger partial charge in [-0.3, -0.25) is 4.79 Å². The van der Waals surface area contributed by atoms with E-state index in [1.54, 1.807) is 0 Å². The molecule has 0 saturated heterocycles. The summed E-state index contributed by atoms with van der Waals surface area (Å²) in [6.07, 6.45) is 5.84. The number of carbonyl (C=O) groups excluding carboxylic acids is 1. The number of hydrogen-bond donors (Lipinski definition) is 1. The topological polar surface area (TPSA) is 55.1 Å². The van der Waals surface area contributed by atoms with Crippen molar-refractivity contribution in [1.82, 2.24) is 10.3 Å². The van der Waals surface area contributed by atoms with Crippen LogP contribution in [-0.2, 0) is 11.2 Å². The molecule has 3 rings (SSSR count). The lowest BCUT2D eigenvalue weighted by molar-refractivity contribution is -0.120. The van der Waals surface area contributed by atoms with Gasteiger partial charge in [-0.1, -0.05) is 66.6 Å². The molecule has 0 aliphatic rings. The summed E-state index contributed by atoms with van der Waals surface area (Å²) < 4.78 is 5.98. The van der Waals surface area contributed by atoms with Crippen LogP contribution in [0.4, 0.5) is 0 Å². The summed E-state index contributed by atoms with van der Waals surface area (Å²) in [7, 11) is 0. The second-order valence-corrected chi connectivity index (χ2v) is 5.50. The molecular weight excluding hydrogens is 312 g/mol. The van der Waals surface area contributed by atoms with Crippen LogP contribution in [0.3, 0.4) is 0 Å². The second-order valence-electron chi connectivity index (χ2n) is 5.50. The van der Waals surface area contributed by atoms with Crippen molar-refractivity contribution in [1.29, 1.82) is 0 Å². The number of benzene rings is 2. The fourth-order valence-corrected chi connectivity index (χ4v) is 2.51. The van der Waals surface area contributed by atoms with Crippen LogP contribution < -0.4 is 5.32 Å². The van der Waals surface area contributed by atoms with Gasteiger partial charge < -0.3 is 9.73 Å². The van der Waals surface area contributed by atoms with Crippen molar-refractivity contribution in [2.75, 3.05) is 6.54 Å². The van der Waals surface area contributed by atoms with E-state index >= 15 is 0 Å². The Balaban J connectivity index is 1.88. The largest absolute Gasteiger partial charge is 0.440 e. The zero-order chi connectivity index (χ0) is 17.5. The van der Waals surface area contributed by atoms with Crippen molar-refractivity contribution in [3.63, 3.8) is 0 Å². The maximum absolute atomic E-state index is 11.7. The molecule has 0 spiro atoms. The average Bonchev–Trinajstić information content (AvgIpc) is 3.10. The number of amides is 1. The summed E-state index contributed by atoms with van der Waals surface area (Å²) in [5.74, 6) is 3.52. The van der Waals surface area contributed by atoms with Gasteiger partial charge in [0.2, 0.25) is 5.91 Å². The molecule has 0 aliphatic heterocycles. The maximum atomic E-state index is 11.7. The molecule has 1 amide bonds. The molecule has 1 aromatic heterocycles. The van der Waals surface area contributed by atoms with E-state index in [0.29, 0.717) is 18.1 Å². The van der Waals surface area contributed by atoms with Gasteiger partial charge in [-0.15, -0.1) is 6.42 Å². The number of rotatable bonds is 6. The zero-order valence-electron chi connectivity index (χ0n) is 13.7. The highest BCUT2D eigenvalue weighted by Gasteiger charge is 2.17. The number of carbonyl (C=O) groups is 1. The van der Waals surface area contributed by atoms with Crippen molar-refractivity contribution >= 4 is 5.91 Å². The number of hydrogen-bond acceptors (Lipinski definition) is 3. The summed E-state index contributed by atoms with van der Waals surface area (Å²) in [6.45, 7) is 0.231. The third kappa shape index (κ3) is 4.15. The Morgan fingerprint density at radius 3 is 2.32 bits per heavy atom. The Hall–Kier alpha value is -3.32. The van der Waals surface area contributed by atoms with Gasteiger partial charge in [0.1, 0.15) is 5.69 Å². The highest BCUT2D eigenvalue weighted by Crippen LogP contribution is 2.32. The molecule has 0 bridgehead atoms. The Labute approximate surface area is 146 Å². The quantitative estimate of drug-likeness (QED) is 0.701. The molecule has 124 valence electrons. The molecule has 1 N–H and O–H groups in total. The van der Waals surface area contributed by atoms with Gasteiger partial charge in [0.15, 0.2) is 11.7 Å². The normalized spacial score (nSPS) is 10.2. The van der Waals surface area contributed by atoms with Crippen LogP contribution in [0.25, 0.3) is 22.6 Å². The van der Waals surface area contributed by atoms with Gasteiger partial charge in [0, 0.05) is 24.0 Å². The lowest BCUT2D eigenvalue weighted by Gasteiger charge is -2.00. The lowest BCUT2D eigenvalue weighted by Crippen LogP contribution is -2.23. The standard InChI is InChI=1S/C21H18N2O2/c1-2-15-22-18(24)13-14-19-23-20(16-9-5-3-6-10-16)21(25-19)17-11-7-4-8-12-17/h1,3-12H,13-15H2,(H,22,24). The van der Waals surface area contributed by atoms with Gasteiger partial charge in [-0.25, -0.2) is 4.98 Å². The minimum atomic E-state index is -0.112. The monoisotopic (exact) mass is 330 g/mol. The van der Waals surface area contributed by atoms with Crippen molar-refractivity contribution in [3.8, 4) is 34.9 Å². The zero-order valence-corrected chi connectivity index (χ0v) is 13.7. The molecule has 0 saturated carbocycles. The average molecular weight is 330 g/mol. The van der Waals surface area contributed by atoms with Gasteiger partial charge in [-0.05, 0) is 0 Å². The summed E-state index contributed by atoms with van der Waals surface area (Å²) >= 11 is 0. The minimum absolute atomic E-state index is 0.112. The molecular formula is C21H18N2O2. The Morgan fingerprint density at radius 1 is 1.04 bits per heavy atom. The van der Waals surface area contributed by atoms with Crippen molar-refractivity contribution in [3.05, 3.63) is 66.6 Å². The van der Waals surface area contributed by atoms with Crippen LogP contribution in [-0.4, -0.2) is 17.4 Å². The van der Waals surface area contributed by atoms with Crippen LogP contribution >= 0.6 is 0 Å². The van der Waals surface area contributed by atoms with E-state index in [9.17, 15) is 4.79 Å². The van der Waals surface area contributed by atoms with Gasteiger partial charge in [0.05, 0.1) is 6.54 Å². The van der Waals surface area contributed by atoms with Crippen LogP contribution in [0.5, 0.6) is 0 Å². The molecule has 3 aromatic rings. The Kier molecular flexibility index (Phi) is 5.28. The van der Waals surface area contributed by atoms with Crippen molar-refractivity contribution in [2.24, 2.45) is 0 Å². The fraction of sp³-hybridized carbons (Fsp3) is 0.143. The Morgan fingerprint density at radius 2 is 1.68 bits per heavy atom. The van der Waals surface area contributed by atoms with E-state index < -0.39 is 0 Å². The summed E-state index contributed by atoms with van der Waals surface area (Å²) in [5.41, 5.74) is 2.72. The van der Waals surface area contributed by atoms with Crippen LogP contribution in [0.15, 0.2) is 65.1 Å². The van der Waals surface area contributed by atoms with Gasteiger partial charge in [0.25, 0.3) is 0 Å². The van der Waals surface area contributed by atoms with E-state index in [1.165, 1.54) is 0 Å². The molecule has 0 radical (unpaired) electrons. The molecule has 0 unspecified atom stereocenters. The molecule has 0 atom stereocenters. The first-order chi connectivity index (χ1) is 12.3. The molecule has 2 aromatic carbocycles. The summed E-state index contributed by atoms with van der Waals surface area (Å²) in [6, 6.07) is 19.7. The van der Waals surface area contributed by atoms with Gasteiger partial charge >= 0.3 is 0 Å². The number of nitrogens with zero attached hydrogens (tertiary/aromatic N) is 1. The highest BCUT2D eigenvalue weighted by atomic mass is 16.4. The molecule has 0 aliphatic carbocycles. The first kappa shape index (κ1) is 16.5. The number of aromatic nitrogens is 1. The Bertz CT molecular complexity index is 820. The van der Waals surface area contributed by atoms with E-state index in [-0.39, 0.29) is 18.9 Å². The lowest BCUT2D eigenvalue weighted by atomic mass is 10.1. The minimum Gasteiger partial charge on any atom is -0.440 e. The van der Waals surface area contributed by atoms with E-state index in [4.69, 9.17) is 10.8 Å². The van der Waals surface area contributed by atoms with Crippen LogP contribution in [0.1, 0.15) is 12.3 Å². The molecule has 25 heavy (non-hydrogen) atoms. The van der Waals surface area contributed by atoms with Gasteiger partial charge in [-0.2, -0.15) is 0 Å². The molecule has 4 heteroatoms. The SMILES string of the molecule is C#CCNC(=O)CCc1nc(-c2ccccc2)c(-c2ccccc2)o1. The highest BCUT2D eigenvalue weighted by molar-refractivity contribution is 5.78. The number of terminal acetylenes is 1. The molecule has 0 fully saturated rings. The molecule has 1 heterocycles. The maximum Gasteiger partial charge on any atom is 0.221 e. The van der Waals surface area contributed by atoms with E-state index in [1.807, 2.05) is 60.7 Å². The first-order valence-electron chi connectivity index (χ1n) is 8.08. The number of nitrogens with one attached hydrogen (secondary N) is 1. The summed E-state index contributed by atoms with van der Waals surface area (Å²) in [4.78, 5) is 16.4. The van der Waals surface area contributed by atoms with Crippen molar-refractivity contribution in [2.45, 2.75) is 12.8 Å². The molecule has 4 nitrogen and oxygen atoms in total.